The van der Waals surface area contributed by atoms with Crippen LogP contribution in [0, 0.1) is 0 Å². The maximum atomic E-state index is 9.25. The predicted octanol–water partition coefficient (Wildman–Crippen LogP) is 3.38. The highest BCUT2D eigenvalue weighted by molar-refractivity contribution is 9.10. The molecule has 0 atom stereocenters. The quantitative estimate of drug-likeness (QED) is 0.763. The van der Waals surface area contributed by atoms with Gasteiger partial charge in [-0.3, -0.25) is 0 Å². The average molecular weight is 256 g/mol. The molecule has 0 aliphatic heterocycles. The van der Waals surface area contributed by atoms with E-state index in [2.05, 4.69) is 15.9 Å². The van der Waals surface area contributed by atoms with Crippen LogP contribution in [0.25, 0.3) is 0 Å². The molecule has 0 radical (unpaired) electrons. The molecule has 0 spiro atoms. The van der Waals surface area contributed by atoms with E-state index in [0.29, 0.717) is 5.56 Å². The van der Waals surface area contributed by atoms with E-state index >= 15 is 0 Å². The van der Waals surface area contributed by atoms with E-state index in [1.54, 1.807) is 18.2 Å². The first kappa shape index (κ1) is 9.17. The predicted molar refractivity (Wildman–Crippen MR) is 50.4 cm³/mol. The highest BCUT2D eigenvalue weighted by Crippen LogP contribution is 2.43. The zero-order valence-electron chi connectivity index (χ0n) is 5.39. The number of aromatic hydroxyl groups is 1. The van der Waals surface area contributed by atoms with Gasteiger partial charge in [0.2, 0.25) is 3.24 Å². The van der Waals surface area contributed by atoms with Crippen molar-refractivity contribution >= 4 is 39.1 Å². The zero-order chi connectivity index (χ0) is 8.48. The van der Waals surface area contributed by atoms with Gasteiger partial charge in [0, 0.05) is 5.56 Å². The maximum Gasteiger partial charge on any atom is 0.200 e. The first-order valence-corrected chi connectivity index (χ1v) is 4.42. The molecule has 1 aromatic carbocycles. The summed E-state index contributed by atoms with van der Waals surface area (Å²) in [5.41, 5.74) is 0.448. The van der Waals surface area contributed by atoms with Crippen molar-refractivity contribution in [2.45, 2.75) is 3.24 Å². The third kappa shape index (κ3) is 2.26. The lowest BCUT2D eigenvalue weighted by Gasteiger charge is -2.12. The Hall–Kier alpha value is 0.0800. The molecule has 1 rings (SSSR count). The fourth-order valence-corrected chi connectivity index (χ4v) is 1.37. The minimum absolute atomic E-state index is 0.0781. The Labute approximate surface area is 83.1 Å². The van der Waals surface area contributed by atoms with Gasteiger partial charge in [-0.25, -0.2) is 0 Å². The summed E-state index contributed by atoms with van der Waals surface area (Å²) in [4.78, 5) is 0. The Morgan fingerprint density at radius 1 is 1.27 bits per heavy atom. The molecule has 0 saturated heterocycles. The number of para-hydroxylation sites is 1. The summed E-state index contributed by atoms with van der Waals surface area (Å²) in [7, 11) is 0. The molecule has 1 aromatic rings. The molecule has 0 aliphatic rings. The van der Waals surface area contributed by atoms with Crippen molar-refractivity contribution in [3.8, 4) is 5.75 Å². The smallest absolute Gasteiger partial charge is 0.200 e. The van der Waals surface area contributed by atoms with Gasteiger partial charge in [0.15, 0.2) is 0 Å². The van der Waals surface area contributed by atoms with E-state index < -0.39 is 3.24 Å². The van der Waals surface area contributed by atoms with E-state index in [9.17, 15) is 5.11 Å². The van der Waals surface area contributed by atoms with E-state index in [4.69, 9.17) is 23.2 Å². The Kier molecular flexibility index (Phi) is 2.68. The number of benzene rings is 1. The molecule has 1 nitrogen and oxygen atoms in total. The van der Waals surface area contributed by atoms with Crippen LogP contribution in [0.1, 0.15) is 5.56 Å². The van der Waals surface area contributed by atoms with Crippen LogP contribution >= 0.6 is 39.1 Å². The molecule has 0 aliphatic carbocycles. The summed E-state index contributed by atoms with van der Waals surface area (Å²) in [5, 5.41) is 9.25. The van der Waals surface area contributed by atoms with Crippen LogP contribution in [-0.4, -0.2) is 5.11 Å². The number of alkyl halides is 3. The van der Waals surface area contributed by atoms with E-state index in [1.165, 1.54) is 6.07 Å². The first-order chi connectivity index (χ1) is 5.02. The van der Waals surface area contributed by atoms with E-state index in [1.807, 2.05) is 0 Å². The molecule has 11 heavy (non-hydrogen) atoms. The van der Waals surface area contributed by atoms with Crippen LogP contribution in [0.15, 0.2) is 24.3 Å². The molecule has 0 unspecified atom stereocenters. The van der Waals surface area contributed by atoms with Crippen LogP contribution in [0.2, 0.25) is 0 Å². The molecule has 60 valence electrons. The van der Waals surface area contributed by atoms with E-state index in [0.717, 1.165) is 0 Å². The standard InChI is InChI=1S/C7H5BrCl2O/c8-7(9,10)5-3-1-2-4-6(5)11/h1-4,11H. The molecule has 0 saturated carbocycles. The van der Waals surface area contributed by atoms with Crippen LogP contribution in [0.3, 0.4) is 0 Å². The van der Waals surface area contributed by atoms with E-state index in [-0.39, 0.29) is 5.75 Å². The number of halogens is 3. The van der Waals surface area contributed by atoms with Crippen LogP contribution < -0.4 is 0 Å². The highest BCUT2D eigenvalue weighted by Gasteiger charge is 2.24. The second-order valence-corrected chi connectivity index (χ2v) is 5.44. The van der Waals surface area contributed by atoms with Gasteiger partial charge in [0.05, 0.1) is 0 Å². The molecule has 0 heterocycles. The van der Waals surface area contributed by atoms with Crippen molar-refractivity contribution in [3.05, 3.63) is 29.8 Å². The first-order valence-electron chi connectivity index (χ1n) is 2.87. The lowest BCUT2D eigenvalue weighted by molar-refractivity contribution is 0.469. The number of phenols is 1. The SMILES string of the molecule is Oc1ccccc1C(Cl)(Cl)Br. The van der Waals surface area contributed by atoms with Crippen LogP contribution in [-0.2, 0) is 3.24 Å². The Morgan fingerprint density at radius 2 is 1.82 bits per heavy atom. The summed E-state index contributed by atoms with van der Waals surface area (Å²) in [6.07, 6.45) is 0. The maximum absolute atomic E-state index is 9.25. The van der Waals surface area contributed by atoms with Gasteiger partial charge in [0.1, 0.15) is 5.75 Å². The van der Waals surface area contributed by atoms with Crippen molar-refractivity contribution in [3.63, 3.8) is 0 Å². The summed E-state index contributed by atoms with van der Waals surface area (Å²) in [6, 6.07) is 6.61. The van der Waals surface area contributed by atoms with Gasteiger partial charge in [-0.15, -0.1) is 0 Å². The summed E-state index contributed by atoms with van der Waals surface area (Å²) >= 11 is 14.4. The minimum Gasteiger partial charge on any atom is -0.508 e. The highest BCUT2D eigenvalue weighted by atomic mass is 79.9. The largest absolute Gasteiger partial charge is 0.508 e. The summed E-state index contributed by atoms with van der Waals surface area (Å²) in [6.45, 7) is 0. The van der Waals surface area contributed by atoms with Gasteiger partial charge < -0.3 is 5.11 Å². The fourth-order valence-electron chi connectivity index (χ4n) is 0.713. The van der Waals surface area contributed by atoms with Crippen molar-refractivity contribution in [1.29, 1.82) is 0 Å². The normalized spacial score (nSPS) is 11.5. The molecular formula is C7H5BrCl2O. The third-order valence-electron chi connectivity index (χ3n) is 1.21. The molecule has 0 fully saturated rings. The second-order valence-electron chi connectivity index (χ2n) is 2.01. The molecule has 4 heteroatoms. The summed E-state index contributed by atoms with van der Waals surface area (Å²) < 4.78 is -1.21. The minimum atomic E-state index is -1.21. The van der Waals surface area contributed by atoms with Crippen molar-refractivity contribution in [1.82, 2.24) is 0 Å². The fraction of sp³-hybridized carbons (Fsp3) is 0.143. The topological polar surface area (TPSA) is 20.2 Å². The van der Waals surface area contributed by atoms with Crippen molar-refractivity contribution in [2.24, 2.45) is 0 Å². The lowest BCUT2D eigenvalue weighted by atomic mass is 10.2. The Bertz CT molecular complexity index is 257. The summed E-state index contributed by atoms with van der Waals surface area (Å²) in [5.74, 6) is 0.0781. The zero-order valence-corrected chi connectivity index (χ0v) is 8.49. The van der Waals surface area contributed by atoms with Gasteiger partial charge in [-0.1, -0.05) is 41.4 Å². The van der Waals surface area contributed by atoms with Gasteiger partial charge in [0.25, 0.3) is 0 Å². The van der Waals surface area contributed by atoms with Gasteiger partial charge in [-0.05, 0) is 22.0 Å². The third-order valence-corrected chi connectivity index (χ3v) is 2.04. The Balaban J connectivity index is 3.14. The van der Waals surface area contributed by atoms with Crippen molar-refractivity contribution < 1.29 is 5.11 Å². The van der Waals surface area contributed by atoms with Gasteiger partial charge in [-0.2, -0.15) is 0 Å². The van der Waals surface area contributed by atoms with Crippen molar-refractivity contribution in [2.75, 3.05) is 0 Å². The Morgan fingerprint density at radius 3 is 2.18 bits per heavy atom. The second kappa shape index (κ2) is 3.21. The molecule has 0 amide bonds. The van der Waals surface area contributed by atoms with Crippen LogP contribution in [0.5, 0.6) is 5.75 Å². The van der Waals surface area contributed by atoms with Crippen LogP contribution in [0.4, 0.5) is 0 Å². The number of hydrogen-bond donors (Lipinski definition) is 1. The molecule has 0 bridgehead atoms. The lowest BCUT2D eigenvalue weighted by Crippen LogP contribution is -1.98. The van der Waals surface area contributed by atoms with Gasteiger partial charge >= 0.3 is 0 Å². The molecule has 1 N–H and O–H groups in total. The molecular weight excluding hydrogens is 251 g/mol. The molecule has 0 aromatic heterocycles. The monoisotopic (exact) mass is 254 g/mol. The number of hydrogen-bond acceptors (Lipinski definition) is 1. The number of rotatable bonds is 1. The average Bonchev–Trinajstić information content (AvgIpc) is 1.86. The number of phenolic OH excluding ortho intramolecular Hbond substituents is 1.